The first-order valence-electron chi connectivity index (χ1n) is 6.34. The van der Waals surface area contributed by atoms with Gasteiger partial charge < -0.3 is 4.74 Å². The number of benzene rings is 1. The molecule has 0 unspecified atom stereocenters. The fourth-order valence-corrected chi connectivity index (χ4v) is 3.03. The molecule has 0 aliphatic heterocycles. The van der Waals surface area contributed by atoms with Crippen molar-refractivity contribution >= 4 is 16.0 Å². The molecule has 0 saturated carbocycles. The summed E-state index contributed by atoms with van der Waals surface area (Å²) >= 11 is 0. The Kier molecular flexibility index (Phi) is 4.94. The van der Waals surface area contributed by atoms with Crippen LogP contribution in [-0.4, -0.2) is 26.0 Å². The Hall–Kier alpha value is -1.40. The number of aryl methyl sites for hydroxylation is 1. The molecule has 112 valence electrons. The molecular formula is C14H21NO4S. The summed E-state index contributed by atoms with van der Waals surface area (Å²) in [5.41, 5.74) is -0.0317. The Bertz CT molecular complexity index is 587. The summed E-state index contributed by atoms with van der Waals surface area (Å²) < 4.78 is 31.9. The van der Waals surface area contributed by atoms with Crippen molar-refractivity contribution in [2.75, 3.05) is 0 Å². The molecule has 5 nitrogen and oxygen atoms in total. The first-order valence-corrected chi connectivity index (χ1v) is 7.82. The van der Waals surface area contributed by atoms with Crippen molar-refractivity contribution in [3.63, 3.8) is 0 Å². The highest BCUT2D eigenvalue weighted by Crippen LogP contribution is 2.15. The van der Waals surface area contributed by atoms with Gasteiger partial charge in [-0.05, 0) is 46.2 Å². The predicted octanol–water partition coefficient (Wildman–Crippen LogP) is 2.00. The zero-order valence-corrected chi connectivity index (χ0v) is 13.2. The van der Waals surface area contributed by atoms with Crippen LogP contribution in [-0.2, 0) is 19.6 Å². The summed E-state index contributed by atoms with van der Waals surface area (Å²) in [7, 11) is -3.74. The monoisotopic (exact) mass is 299 g/mol. The normalized spacial score (nSPS) is 13.8. The fraction of sp³-hybridized carbons (Fsp3) is 0.500. The number of sulfonamides is 1. The topological polar surface area (TPSA) is 72.5 Å². The summed E-state index contributed by atoms with van der Waals surface area (Å²) in [6, 6.07) is 5.65. The number of hydrogen-bond donors (Lipinski definition) is 1. The average molecular weight is 299 g/mol. The summed E-state index contributed by atoms with van der Waals surface area (Å²) in [5, 5.41) is 0. The summed E-state index contributed by atoms with van der Waals surface area (Å²) in [4.78, 5) is 12.0. The van der Waals surface area contributed by atoms with Gasteiger partial charge in [0.05, 0.1) is 4.90 Å². The number of carbonyl (C=O) groups is 1. The molecule has 0 bridgehead atoms. The van der Waals surface area contributed by atoms with E-state index in [1.54, 1.807) is 45.9 Å². The van der Waals surface area contributed by atoms with Gasteiger partial charge in [0.25, 0.3) is 0 Å². The van der Waals surface area contributed by atoms with Crippen LogP contribution in [0.2, 0.25) is 0 Å². The first kappa shape index (κ1) is 16.7. The van der Waals surface area contributed by atoms with Crippen molar-refractivity contribution in [3.8, 4) is 0 Å². The lowest BCUT2D eigenvalue weighted by Gasteiger charge is -2.22. The lowest BCUT2D eigenvalue weighted by Crippen LogP contribution is -2.42. The van der Waals surface area contributed by atoms with E-state index in [1.165, 1.54) is 13.0 Å². The highest BCUT2D eigenvalue weighted by atomic mass is 32.2. The third-order valence-electron chi connectivity index (χ3n) is 2.48. The van der Waals surface area contributed by atoms with E-state index in [0.29, 0.717) is 5.56 Å². The van der Waals surface area contributed by atoms with Crippen molar-refractivity contribution in [1.29, 1.82) is 0 Å². The van der Waals surface area contributed by atoms with Gasteiger partial charge in [0.1, 0.15) is 11.6 Å². The van der Waals surface area contributed by atoms with Crippen LogP contribution in [0.5, 0.6) is 0 Å². The van der Waals surface area contributed by atoms with Gasteiger partial charge in [0.2, 0.25) is 10.0 Å². The molecule has 1 aromatic rings. The molecule has 0 radical (unpaired) electrons. The Morgan fingerprint density at radius 1 is 1.25 bits per heavy atom. The van der Waals surface area contributed by atoms with Gasteiger partial charge in [-0.3, -0.25) is 4.79 Å². The molecule has 1 aromatic carbocycles. The van der Waals surface area contributed by atoms with Gasteiger partial charge in [0.15, 0.2) is 0 Å². The van der Waals surface area contributed by atoms with Crippen LogP contribution < -0.4 is 4.72 Å². The Morgan fingerprint density at radius 3 is 2.30 bits per heavy atom. The van der Waals surface area contributed by atoms with Crippen molar-refractivity contribution in [3.05, 3.63) is 29.8 Å². The van der Waals surface area contributed by atoms with Crippen LogP contribution in [0.1, 0.15) is 33.3 Å². The zero-order valence-electron chi connectivity index (χ0n) is 12.4. The molecule has 0 heterocycles. The molecule has 0 aromatic heterocycles. The second-order valence-corrected chi connectivity index (χ2v) is 7.32. The number of nitrogens with one attached hydrogen (secondary N) is 1. The van der Waals surface area contributed by atoms with E-state index in [1.807, 2.05) is 0 Å². The maximum Gasteiger partial charge on any atom is 0.324 e. The second kappa shape index (κ2) is 5.93. The Labute approximate surface area is 120 Å². The zero-order chi connectivity index (χ0) is 15.6. The van der Waals surface area contributed by atoms with Crippen LogP contribution in [0.3, 0.4) is 0 Å². The number of rotatable bonds is 4. The number of hydrogen-bond acceptors (Lipinski definition) is 4. The van der Waals surface area contributed by atoms with Crippen LogP contribution in [0.15, 0.2) is 29.2 Å². The molecule has 0 fully saturated rings. The summed E-state index contributed by atoms with van der Waals surface area (Å²) in [6.45, 7) is 8.35. The summed E-state index contributed by atoms with van der Waals surface area (Å²) in [6.07, 6.45) is 0. The molecule has 0 spiro atoms. The lowest BCUT2D eigenvalue weighted by atomic mass is 10.2. The molecule has 0 saturated heterocycles. The van der Waals surface area contributed by atoms with Crippen LogP contribution >= 0.6 is 0 Å². The fourth-order valence-electron chi connectivity index (χ4n) is 1.59. The van der Waals surface area contributed by atoms with Crippen molar-refractivity contribution in [2.24, 2.45) is 0 Å². The first-order chi connectivity index (χ1) is 9.03. The third kappa shape index (κ3) is 4.61. The number of carbonyl (C=O) groups excluding carboxylic acids is 1. The van der Waals surface area contributed by atoms with E-state index in [0.717, 1.165) is 0 Å². The molecule has 0 amide bonds. The third-order valence-corrected chi connectivity index (χ3v) is 4.18. The molecule has 0 aliphatic carbocycles. The lowest BCUT2D eigenvalue weighted by molar-refractivity contribution is -0.156. The molecule has 1 N–H and O–H groups in total. The quantitative estimate of drug-likeness (QED) is 0.863. The molecule has 6 heteroatoms. The Balaban J connectivity index is 2.87. The van der Waals surface area contributed by atoms with E-state index < -0.39 is 27.6 Å². The largest absolute Gasteiger partial charge is 0.459 e. The van der Waals surface area contributed by atoms with Crippen molar-refractivity contribution < 1.29 is 17.9 Å². The van der Waals surface area contributed by atoms with E-state index >= 15 is 0 Å². The minimum Gasteiger partial charge on any atom is -0.459 e. The maximum atomic E-state index is 12.2. The van der Waals surface area contributed by atoms with Gasteiger partial charge >= 0.3 is 5.97 Å². The minimum atomic E-state index is -3.74. The minimum absolute atomic E-state index is 0.162. The average Bonchev–Trinajstić information content (AvgIpc) is 2.26. The molecule has 20 heavy (non-hydrogen) atoms. The predicted molar refractivity (Wildman–Crippen MR) is 76.8 cm³/mol. The number of ether oxygens (including phenoxy) is 1. The number of esters is 1. The summed E-state index contributed by atoms with van der Waals surface area (Å²) in [5.74, 6) is -0.602. The van der Waals surface area contributed by atoms with Crippen LogP contribution in [0, 0.1) is 6.92 Å². The van der Waals surface area contributed by atoms with Crippen molar-refractivity contribution in [2.45, 2.75) is 51.2 Å². The molecule has 1 atom stereocenters. The van der Waals surface area contributed by atoms with E-state index in [4.69, 9.17) is 4.74 Å². The van der Waals surface area contributed by atoms with Gasteiger partial charge in [-0.2, -0.15) is 4.72 Å². The standard InChI is InChI=1S/C14H21NO4S/c1-10-8-6-7-9-12(10)20(17,18)15-11(2)13(16)19-14(3,4)5/h6-9,11,15H,1-5H3/t11-/m0/s1. The van der Waals surface area contributed by atoms with Crippen LogP contribution in [0.4, 0.5) is 0 Å². The van der Waals surface area contributed by atoms with Gasteiger partial charge in [-0.15, -0.1) is 0 Å². The highest BCUT2D eigenvalue weighted by molar-refractivity contribution is 7.89. The van der Waals surface area contributed by atoms with Crippen LogP contribution in [0.25, 0.3) is 0 Å². The molecule has 0 aliphatic rings. The van der Waals surface area contributed by atoms with E-state index in [-0.39, 0.29) is 4.90 Å². The van der Waals surface area contributed by atoms with Gasteiger partial charge in [-0.1, -0.05) is 18.2 Å². The smallest absolute Gasteiger partial charge is 0.324 e. The Morgan fingerprint density at radius 2 is 1.80 bits per heavy atom. The maximum absolute atomic E-state index is 12.2. The van der Waals surface area contributed by atoms with Gasteiger partial charge in [-0.25, -0.2) is 8.42 Å². The molecule has 1 rings (SSSR count). The van der Waals surface area contributed by atoms with E-state index in [2.05, 4.69) is 4.72 Å². The van der Waals surface area contributed by atoms with Gasteiger partial charge in [0, 0.05) is 0 Å². The molecular weight excluding hydrogens is 278 g/mol. The SMILES string of the molecule is Cc1ccccc1S(=O)(=O)N[C@@H](C)C(=O)OC(C)(C)C. The highest BCUT2D eigenvalue weighted by Gasteiger charge is 2.26. The van der Waals surface area contributed by atoms with E-state index in [9.17, 15) is 13.2 Å². The van der Waals surface area contributed by atoms with Crippen molar-refractivity contribution in [1.82, 2.24) is 4.72 Å². The second-order valence-electron chi connectivity index (χ2n) is 5.64.